The van der Waals surface area contributed by atoms with Gasteiger partial charge in [-0.3, -0.25) is 4.79 Å². The van der Waals surface area contributed by atoms with Crippen LogP contribution in [0, 0.1) is 13.8 Å². The number of nitrogens with one attached hydrogen (secondary N) is 2. The molecule has 1 aromatic carbocycles. The lowest BCUT2D eigenvalue weighted by Gasteiger charge is -2.19. The van der Waals surface area contributed by atoms with Gasteiger partial charge in [0.05, 0.1) is 24.5 Å². The molecule has 0 bridgehead atoms. The van der Waals surface area contributed by atoms with Gasteiger partial charge in [0.25, 0.3) is 0 Å². The number of benzene rings is 1. The van der Waals surface area contributed by atoms with Crippen molar-refractivity contribution in [2.45, 2.75) is 52.1 Å². The summed E-state index contributed by atoms with van der Waals surface area (Å²) >= 11 is 0. The smallest absolute Gasteiger partial charge is 0.241 e. The Balaban J connectivity index is 1.79. The van der Waals surface area contributed by atoms with Crippen LogP contribution in [-0.2, 0) is 11.3 Å². The molecule has 1 fully saturated rings. The topological polar surface area (TPSA) is 74.6 Å². The number of rotatable bonds is 6. The van der Waals surface area contributed by atoms with E-state index in [1.807, 2.05) is 23.7 Å². The Morgan fingerprint density at radius 2 is 1.97 bits per heavy atom. The van der Waals surface area contributed by atoms with E-state index in [2.05, 4.69) is 40.9 Å². The maximum atomic E-state index is 12.0. The number of hydrogen-bond donors (Lipinski definition) is 2. The lowest BCUT2D eigenvalue weighted by molar-refractivity contribution is -0.127. The molecule has 0 unspecified atom stereocenters. The van der Waals surface area contributed by atoms with Gasteiger partial charge in [-0.15, -0.1) is 0 Å². The van der Waals surface area contributed by atoms with Crippen molar-refractivity contribution in [3.8, 4) is 5.69 Å². The molecule has 0 spiro atoms. The first-order chi connectivity index (χ1) is 13.9. The number of para-hydroxylation sites is 1. The number of guanidine groups is 1. The van der Waals surface area contributed by atoms with Crippen molar-refractivity contribution in [1.82, 2.24) is 25.3 Å². The first-order valence-corrected chi connectivity index (χ1v) is 10.3. The fourth-order valence-corrected chi connectivity index (χ4v) is 3.62. The van der Waals surface area contributed by atoms with E-state index in [0.29, 0.717) is 18.5 Å². The Morgan fingerprint density at radius 3 is 2.62 bits per heavy atom. The zero-order chi connectivity index (χ0) is 20.8. The van der Waals surface area contributed by atoms with Gasteiger partial charge in [0, 0.05) is 25.8 Å². The maximum Gasteiger partial charge on any atom is 0.241 e. The Hall–Kier alpha value is -2.83. The van der Waals surface area contributed by atoms with Crippen LogP contribution < -0.4 is 10.6 Å². The van der Waals surface area contributed by atoms with Gasteiger partial charge in [-0.1, -0.05) is 31.0 Å². The van der Waals surface area contributed by atoms with Crippen molar-refractivity contribution in [3.05, 3.63) is 47.3 Å². The molecule has 0 saturated heterocycles. The molecule has 7 nitrogen and oxygen atoms in total. The van der Waals surface area contributed by atoms with Crippen molar-refractivity contribution in [2.24, 2.45) is 4.99 Å². The van der Waals surface area contributed by atoms with E-state index in [1.165, 1.54) is 12.8 Å². The molecule has 3 rings (SSSR count). The number of aromatic nitrogens is 2. The van der Waals surface area contributed by atoms with E-state index in [-0.39, 0.29) is 12.5 Å². The highest BCUT2D eigenvalue weighted by molar-refractivity contribution is 5.86. The van der Waals surface area contributed by atoms with Crippen molar-refractivity contribution >= 4 is 11.9 Å². The molecular weight excluding hydrogens is 364 g/mol. The molecule has 1 aromatic heterocycles. The molecule has 0 aliphatic heterocycles. The number of hydrogen-bond acceptors (Lipinski definition) is 3. The molecule has 7 heteroatoms. The lowest BCUT2D eigenvalue weighted by Crippen LogP contribution is -2.46. The van der Waals surface area contributed by atoms with Gasteiger partial charge in [-0.05, 0) is 44.4 Å². The minimum absolute atomic E-state index is 0.0222. The van der Waals surface area contributed by atoms with Crippen LogP contribution in [0.4, 0.5) is 0 Å². The summed E-state index contributed by atoms with van der Waals surface area (Å²) in [5.41, 5.74) is 4.21. The minimum atomic E-state index is 0.0222. The van der Waals surface area contributed by atoms with Crippen LogP contribution in [-0.4, -0.2) is 53.2 Å². The standard InChI is InChI=1S/C22H32N6O/c1-16-13-17(2)28(26-16)20-12-8-5-9-18(20)14-23-22(24-15-21(29)27(3)4)25-19-10-6-7-11-19/h5,8-9,12-13,19H,6-7,10-11,14-15H2,1-4H3,(H2,23,24,25). The molecular formula is C22H32N6O. The minimum Gasteiger partial charge on any atom is -0.354 e. The number of carbonyl (C=O) groups excluding carboxylic acids is 1. The summed E-state index contributed by atoms with van der Waals surface area (Å²) in [5.74, 6) is 0.712. The summed E-state index contributed by atoms with van der Waals surface area (Å²) in [4.78, 5) is 18.4. The Labute approximate surface area is 173 Å². The molecule has 1 amide bonds. The van der Waals surface area contributed by atoms with Gasteiger partial charge in [0.15, 0.2) is 5.96 Å². The van der Waals surface area contributed by atoms with Crippen LogP contribution in [0.2, 0.25) is 0 Å². The third kappa shape index (κ3) is 5.59. The van der Waals surface area contributed by atoms with Crippen molar-refractivity contribution in [1.29, 1.82) is 0 Å². The largest absolute Gasteiger partial charge is 0.354 e. The van der Waals surface area contributed by atoms with Crippen LogP contribution in [0.3, 0.4) is 0 Å². The molecule has 1 heterocycles. The second-order valence-corrected chi connectivity index (χ2v) is 7.90. The van der Waals surface area contributed by atoms with E-state index in [4.69, 9.17) is 4.99 Å². The van der Waals surface area contributed by atoms with Crippen LogP contribution in [0.5, 0.6) is 0 Å². The summed E-state index contributed by atoms with van der Waals surface area (Å²) in [5, 5.41) is 11.3. The molecule has 1 aliphatic carbocycles. The fraction of sp³-hybridized carbons (Fsp3) is 0.500. The number of nitrogens with zero attached hydrogens (tertiary/aromatic N) is 4. The average molecular weight is 397 g/mol. The number of carbonyl (C=O) groups is 1. The van der Waals surface area contributed by atoms with Gasteiger partial charge in [0.1, 0.15) is 0 Å². The SMILES string of the molecule is Cc1cc(C)n(-c2ccccc2CN=C(NCC(=O)N(C)C)NC2CCCC2)n1. The number of amides is 1. The predicted octanol–water partition coefficient (Wildman–Crippen LogP) is 2.56. The molecule has 1 aliphatic rings. The summed E-state index contributed by atoms with van der Waals surface area (Å²) in [6.07, 6.45) is 4.76. The molecule has 2 N–H and O–H groups in total. The quantitative estimate of drug-likeness (QED) is 0.581. The van der Waals surface area contributed by atoms with E-state index in [0.717, 1.165) is 35.5 Å². The number of aliphatic imine (C=N–C) groups is 1. The molecule has 0 atom stereocenters. The monoisotopic (exact) mass is 396 g/mol. The van der Waals surface area contributed by atoms with Crippen molar-refractivity contribution in [3.63, 3.8) is 0 Å². The van der Waals surface area contributed by atoms with Gasteiger partial charge in [0.2, 0.25) is 5.91 Å². The highest BCUT2D eigenvalue weighted by atomic mass is 16.2. The third-order valence-electron chi connectivity index (χ3n) is 5.24. The Bertz CT molecular complexity index is 864. The van der Waals surface area contributed by atoms with E-state index >= 15 is 0 Å². The van der Waals surface area contributed by atoms with Gasteiger partial charge in [-0.25, -0.2) is 9.67 Å². The third-order valence-corrected chi connectivity index (χ3v) is 5.24. The van der Waals surface area contributed by atoms with E-state index in [1.54, 1.807) is 19.0 Å². The average Bonchev–Trinajstić information content (AvgIpc) is 3.32. The highest BCUT2D eigenvalue weighted by Crippen LogP contribution is 2.19. The molecule has 0 radical (unpaired) electrons. The highest BCUT2D eigenvalue weighted by Gasteiger charge is 2.17. The zero-order valence-corrected chi connectivity index (χ0v) is 17.9. The van der Waals surface area contributed by atoms with Gasteiger partial charge in [-0.2, -0.15) is 5.10 Å². The second kappa shape index (κ2) is 9.58. The predicted molar refractivity (Wildman–Crippen MR) is 116 cm³/mol. The van der Waals surface area contributed by atoms with Gasteiger partial charge >= 0.3 is 0 Å². The molecule has 1 saturated carbocycles. The maximum absolute atomic E-state index is 12.0. The summed E-state index contributed by atoms with van der Waals surface area (Å²) in [6.45, 7) is 4.79. The molecule has 2 aromatic rings. The van der Waals surface area contributed by atoms with E-state index < -0.39 is 0 Å². The zero-order valence-electron chi connectivity index (χ0n) is 17.9. The molecule has 156 valence electrons. The van der Waals surface area contributed by atoms with Crippen molar-refractivity contribution < 1.29 is 4.79 Å². The van der Waals surface area contributed by atoms with Crippen LogP contribution >= 0.6 is 0 Å². The Kier molecular flexibility index (Phi) is 6.90. The van der Waals surface area contributed by atoms with Crippen LogP contribution in [0.15, 0.2) is 35.3 Å². The lowest BCUT2D eigenvalue weighted by atomic mass is 10.2. The first kappa shape index (κ1) is 20.9. The number of likely N-dealkylation sites (N-methyl/N-ethyl adjacent to an activating group) is 1. The number of aryl methyl sites for hydroxylation is 2. The van der Waals surface area contributed by atoms with E-state index in [9.17, 15) is 4.79 Å². The summed E-state index contributed by atoms with van der Waals surface area (Å²) in [7, 11) is 3.52. The van der Waals surface area contributed by atoms with Crippen LogP contribution in [0.25, 0.3) is 5.69 Å². The van der Waals surface area contributed by atoms with Crippen LogP contribution in [0.1, 0.15) is 42.6 Å². The normalized spacial score (nSPS) is 14.8. The fourth-order valence-electron chi connectivity index (χ4n) is 3.62. The first-order valence-electron chi connectivity index (χ1n) is 10.3. The molecule has 29 heavy (non-hydrogen) atoms. The summed E-state index contributed by atoms with van der Waals surface area (Å²) < 4.78 is 1.97. The van der Waals surface area contributed by atoms with Crippen molar-refractivity contribution in [2.75, 3.05) is 20.6 Å². The second-order valence-electron chi connectivity index (χ2n) is 7.90. The van der Waals surface area contributed by atoms with Gasteiger partial charge < -0.3 is 15.5 Å². The summed E-state index contributed by atoms with van der Waals surface area (Å²) in [6, 6.07) is 10.7. The Morgan fingerprint density at radius 1 is 1.24 bits per heavy atom.